The molecule has 0 radical (unpaired) electrons. The minimum absolute atomic E-state index is 0.0434. The zero-order chi connectivity index (χ0) is 17.4. The summed E-state index contributed by atoms with van der Waals surface area (Å²) in [7, 11) is 0. The Morgan fingerprint density at radius 2 is 1.71 bits per heavy atom. The number of imide groups is 1. The van der Waals surface area contributed by atoms with Crippen molar-refractivity contribution < 1.29 is 19.2 Å². The first kappa shape index (κ1) is 15.3. The highest BCUT2D eigenvalue weighted by molar-refractivity contribution is 6.36. The first-order chi connectivity index (χ1) is 11.2. The first-order valence-corrected chi connectivity index (χ1v) is 7.78. The number of amides is 2. The number of nitro groups is 1. The standard InChI is InChI=1S/C16H13ClN2O5/c1-15-5-6-16(2,24-15)12-11(15)13(20)18(14(12)21)10-7-8(19(22)23)3-4-9(10)17/h3-7,11-12H,1-2H3/t11-,12+,15+,16-. The molecule has 0 aliphatic carbocycles. The topological polar surface area (TPSA) is 89.8 Å². The molecule has 0 aromatic heterocycles. The quantitative estimate of drug-likeness (QED) is 0.354. The van der Waals surface area contributed by atoms with Crippen molar-refractivity contribution in [2.24, 2.45) is 11.8 Å². The Labute approximate surface area is 142 Å². The van der Waals surface area contributed by atoms with Crippen molar-refractivity contribution >= 4 is 34.8 Å². The van der Waals surface area contributed by atoms with E-state index in [4.69, 9.17) is 16.3 Å². The van der Waals surface area contributed by atoms with Gasteiger partial charge in [-0.2, -0.15) is 0 Å². The third kappa shape index (κ3) is 1.71. The zero-order valence-electron chi connectivity index (χ0n) is 12.9. The molecule has 0 saturated carbocycles. The number of non-ortho nitro benzene ring substituents is 1. The van der Waals surface area contributed by atoms with Gasteiger partial charge in [-0.15, -0.1) is 0 Å². The molecule has 7 nitrogen and oxygen atoms in total. The van der Waals surface area contributed by atoms with Crippen molar-refractivity contribution in [1.29, 1.82) is 0 Å². The van der Waals surface area contributed by atoms with E-state index in [1.807, 2.05) is 0 Å². The van der Waals surface area contributed by atoms with E-state index < -0.39 is 39.8 Å². The monoisotopic (exact) mass is 348 g/mol. The Bertz CT molecular complexity index is 817. The van der Waals surface area contributed by atoms with E-state index >= 15 is 0 Å². The second-order valence-electron chi connectivity index (χ2n) is 6.66. The summed E-state index contributed by atoms with van der Waals surface area (Å²) in [6.07, 6.45) is 3.61. The lowest BCUT2D eigenvalue weighted by atomic mass is 9.73. The van der Waals surface area contributed by atoms with Crippen LogP contribution in [0.25, 0.3) is 0 Å². The van der Waals surface area contributed by atoms with Crippen LogP contribution in [0.4, 0.5) is 11.4 Å². The van der Waals surface area contributed by atoms with Crippen LogP contribution in [0.1, 0.15) is 13.8 Å². The molecule has 4 atom stereocenters. The lowest BCUT2D eigenvalue weighted by Gasteiger charge is -2.25. The maximum atomic E-state index is 12.9. The molecule has 3 aliphatic rings. The van der Waals surface area contributed by atoms with E-state index in [0.717, 1.165) is 11.0 Å². The Hall–Kier alpha value is -2.25. The van der Waals surface area contributed by atoms with E-state index in [0.29, 0.717) is 0 Å². The predicted octanol–water partition coefficient (Wildman–Crippen LogP) is 2.47. The van der Waals surface area contributed by atoms with Crippen molar-refractivity contribution in [2.75, 3.05) is 4.90 Å². The first-order valence-electron chi connectivity index (χ1n) is 7.40. The molecule has 0 unspecified atom stereocenters. The van der Waals surface area contributed by atoms with Crippen molar-refractivity contribution in [3.05, 3.63) is 45.5 Å². The molecule has 0 N–H and O–H groups in total. The molecule has 3 aliphatic heterocycles. The molecule has 2 bridgehead atoms. The molecule has 24 heavy (non-hydrogen) atoms. The summed E-state index contributed by atoms with van der Waals surface area (Å²) in [6.45, 7) is 3.53. The fourth-order valence-electron chi connectivity index (χ4n) is 4.05. The molecule has 2 amide bonds. The van der Waals surface area contributed by atoms with E-state index in [1.54, 1.807) is 26.0 Å². The van der Waals surface area contributed by atoms with Crippen LogP contribution in [0.15, 0.2) is 30.4 Å². The maximum Gasteiger partial charge on any atom is 0.271 e. The van der Waals surface area contributed by atoms with Gasteiger partial charge in [0.1, 0.15) is 0 Å². The number of ether oxygens (including phenoxy) is 1. The van der Waals surface area contributed by atoms with Crippen molar-refractivity contribution in [2.45, 2.75) is 25.0 Å². The fourth-order valence-corrected chi connectivity index (χ4v) is 4.26. The normalized spacial score (nSPS) is 36.5. The van der Waals surface area contributed by atoms with Gasteiger partial charge >= 0.3 is 0 Å². The van der Waals surface area contributed by atoms with E-state index in [9.17, 15) is 19.7 Å². The van der Waals surface area contributed by atoms with E-state index in [-0.39, 0.29) is 16.4 Å². The Morgan fingerprint density at radius 3 is 2.21 bits per heavy atom. The van der Waals surface area contributed by atoms with Gasteiger partial charge in [-0.1, -0.05) is 23.8 Å². The van der Waals surface area contributed by atoms with Crippen LogP contribution in [0.2, 0.25) is 5.02 Å². The summed E-state index contributed by atoms with van der Waals surface area (Å²) in [4.78, 5) is 37.2. The smallest absolute Gasteiger partial charge is 0.271 e. The minimum Gasteiger partial charge on any atom is -0.359 e. The van der Waals surface area contributed by atoms with Crippen LogP contribution in [0.5, 0.6) is 0 Å². The predicted molar refractivity (Wildman–Crippen MR) is 84.6 cm³/mol. The number of hydrogen-bond donors (Lipinski definition) is 0. The third-order valence-electron chi connectivity index (χ3n) is 5.11. The summed E-state index contributed by atoms with van der Waals surface area (Å²) < 4.78 is 5.91. The second kappa shape index (κ2) is 4.43. The summed E-state index contributed by atoms with van der Waals surface area (Å²) in [6, 6.07) is 3.70. The highest BCUT2D eigenvalue weighted by Gasteiger charge is 2.70. The summed E-state index contributed by atoms with van der Waals surface area (Å²) in [5.74, 6) is -2.20. The number of hydrogen-bond acceptors (Lipinski definition) is 5. The van der Waals surface area contributed by atoms with Crippen LogP contribution in [0.3, 0.4) is 0 Å². The van der Waals surface area contributed by atoms with Crippen molar-refractivity contribution in [1.82, 2.24) is 0 Å². The van der Waals surface area contributed by atoms with E-state index in [2.05, 4.69) is 0 Å². The molecule has 124 valence electrons. The molecule has 8 heteroatoms. The van der Waals surface area contributed by atoms with Crippen LogP contribution in [-0.4, -0.2) is 27.9 Å². The molecule has 4 rings (SSSR count). The van der Waals surface area contributed by atoms with Gasteiger partial charge in [0.15, 0.2) is 0 Å². The highest BCUT2D eigenvalue weighted by atomic mass is 35.5. The number of nitrogens with zero attached hydrogens (tertiary/aromatic N) is 2. The number of anilines is 1. The number of carbonyl (C=O) groups is 2. The lowest BCUT2D eigenvalue weighted by Crippen LogP contribution is -2.39. The molecule has 2 saturated heterocycles. The minimum atomic E-state index is -0.853. The number of halogens is 1. The molecular formula is C16H13ClN2O5. The van der Waals surface area contributed by atoms with Gasteiger partial charge in [-0.05, 0) is 19.9 Å². The molecule has 1 aromatic rings. The number of nitro benzene ring substituents is 1. The molecule has 2 fully saturated rings. The van der Waals surface area contributed by atoms with Gasteiger partial charge in [-0.25, -0.2) is 4.90 Å². The summed E-state index contributed by atoms with van der Waals surface area (Å²) in [5, 5.41) is 11.1. The molecule has 1 aromatic carbocycles. The average molecular weight is 349 g/mol. The van der Waals surface area contributed by atoms with Gasteiger partial charge in [0.05, 0.1) is 38.7 Å². The van der Waals surface area contributed by atoms with Crippen LogP contribution < -0.4 is 4.90 Å². The van der Waals surface area contributed by atoms with Crippen LogP contribution in [0, 0.1) is 22.0 Å². The molecule has 0 spiro atoms. The summed E-state index contributed by atoms with van der Waals surface area (Å²) >= 11 is 6.11. The highest BCUT2D eigenvalue weighted by Crippen LogP contribution is 2.57. The van der Waals surface area contributed by atoms with Gasteiger partial charge in [0, 0.05) is 12.1 Å². The molecule has 3 heterocycles. The van der Waals surface area contributed by atoms with Crippen molar-refractivity contribution in [3.8, 4) is 0 Å². The number of fused-ring (bicyclic) bond motifs is 5. The van der Waals surface area contributed by atoms with Crippen LogP contribution in [-0.2, 0) is 14.3 Å². The zero-order valence-corrected chi connectivity index (χ0v) is 13.6. The second-order valence-corrected chi connectivity index (χ2v) is 7.07. The molecular weight excluding hydrogens is 336 g/mol. The SMILES string of the molecule is C[C@]12C=C[C@](C)(O1)[C@H]1C(=O)N(c3cc([N+](=O)[O-])ccc3Cl)C(=O)[C@H]12. The van der Waals surface area contributed by atoms with Crippen molar-refractivity contribution in [3.63, 3.8) is 0 Å². The number of rotatable bonds is 2. The Balaban J connectivity index is 1.83. The Kier molecular flexibility index (Phi) is 2.82. The van der Waals surface area contributed by atoms with Crippen LogP contribution >= 0.6 is 11.6 Å². The maximum absolute atomic E-state index is 12.9. The third-order valence-corrected chi connectivity index (χ3v) is 5.43. The summed E-state index contributed by atoms with van der Waals surface area (Å²) in [5.41, 5.74) is -1.90. The Morgan fingerprint density at radius 1 is 1.17 bits per heavy atom. The van der Waals surface area contributed by atoms with Gasteiger partial charge in [0.25, 0.3) is 5.69 Å². The van der Waals surface area contributed by atoms with Gasteiger partial charge < -0.3 is 4.74 Å². The van der Waals surface area contributed by atoms with Gasteiger partial charge in [0.2, 0.25) is 11.8 Å². The average Bonchev–Trinajstić information content (AvgIpc) is 3.05. The van der Waals surface area contributed by atoms with E-state index in [1.165, 1.54) is 12.1 Å². The number of benzene rings is 1. The lowest BCUT2D eigenvalue weighted by molar-refractivity contribution is -0.384. The largest absolute Gasteiger partial charge is 0.359 e. The fraction of sp³-hybridized carbons (Fsp3) is 0.375. The van der Waals surface area contributed by atoms with Gasteiger partial charge in [-0.3, -0.25) is 19.7 Å². The number of carbonyl (C=O) groups excluding carboxylic acids is 2.